The number of hydrogen-bond donors (Lipinski definition) is 2. The van der Waals surface area contributed by atoms with E-state index >= 15 is 0 Å². The predicted molar refractivity (Wildman–Crippen MR) is 68.1 cm³/mol. The number of alkyl halides is 1. The van der Waals surface area contributed by atoms with Gasteiger partial charge in [0.1, 0.15) is 0 Å². The van der Waals surface area contributed by atoms with E-state index in [0.717, 1.165) is 22.0 Å². The van der Waals surface area contributed by atoms with Gasteiger partial charge < -0.3 is 10.1 Å². The van der Waals surface area contributed by atoms with Gasteiger partial charge in [0.2, 0.25) is 5.56 Å². The quantitative estimate of drug-likeness (QED) is 0.830. The summed E-state index contributed by atoms with van der Waals surface area (Å²) in [5.41, 5.74) is 2.50. The van der Waals surface area contributed by atoms with Crippen molar-refractivity contribution in [3.63, 3.8) is 0 Å². The van der Waals surface area contributed by atoms with Crippen LogP contribution in [0.3, 0.4) is 0 Å². The zero-order chi connectivity index (χ0) is 11.7. The number of aromatic amines is 1. The van der Waals surface area contributed by atoms with Gasteiger partial charge in [-0.15, -0.1) is 0 Å². The van der Waals surface area contributed by atoms with Gasteiger partial charge in [0.15, 0.2) is 0 Å². The molecule has 0 spiro atoms. The molecule has 0 saturated heterocycles. The number of aromatic nitrogens is 1. The molecule has 2 rings (SSSR count). The van der Waals surface area contributed by atoms with Crippen LogP contribution in [0.2, 0.25) is 0 Å². The fourth-order valence-electron chi connectivity index (χ4n) is 1.79. The molecule has 0 saturated carbocycles. The number of aliphatic hydroxyl groups is 1. The summed E-state index contributed by atoms with van der Waals surface area (Å²) in [6.07, 6.45) is -0.561. The maximum Gasteiger partial charge on any atom is 0.248 e. The van der Waals surface area contributed by atoms with Crippen LogP contribution >= 0.6 is 15.9 Å². The molecule has 4 heteroatoms. The second kappa shape index (κ2) is 4.39. The van der Waals surface area contributed by atoms with Crippen molar-refractivity contribution in [1.29, 1.82) is 0 Å². The van der Waals surface area contributed by atoms with Gasteiger partial charge in [-0.05, 0) is 24.1 Å². The summed E-state index contributed by atoms with van der Waals surface area (Å²) in [6.45, 7) is 1.93. The highest BCUT2D eigenvalue weighted by Gasteiger charge is 2.11. The monoisotopic (exact) mass is 281 g/mol. The van der Waals surface area contributed by atoms with E-state index in [0.29, 0.717) is 5.33 Å². The molecule has 0 fully saturated rings. The Labute approximate surface area is 101 Å². The predicted octanol–water partition coefficient (Wildman–Crippen LogP) is 2.26. The number of aliphatic hydroxyl groups excluding tert-OH is 1. The largest absolute Gasteiger partial charge is 0.388 e. The van der Waals surface area contributed by atoms with Crippen LogP contribution in [-0.2, 0) is 0 Å². The molecule has 0 unspecified atom stereocenters. The van der Waals surface area contributed by atoms with E-state index in [-0.39, 0.29) is 5.56 Å². The van der Waals surface area contributed by atoms with Crippen molar-refractivity contribution in [3.8, 4) is 0 Å². The molecule has 1 aromatic carbocycles. The Bertz CT molecular complexity index is 577. The van der Waals surface area contributed by atoms with E-state index in [1.54, 1.807) is 6.07 Å². The summed E-state index contributed by atoms with van der Waals surface area (Å²) < 4.78 is 0. The third-order valence-electron chi connectivity index (χ3n) is 2.64. The molecule has 1 aromatic heterocycles. The number of halogens is 1. The van der Waals surface area contributed by atoms with Crippen molar-refractivity contribution >= 4 is 26.8 Å². The van der Waals surface area contributed by atoms with Gasteiger partial charge in [-0.25, -0.2) is 0 Å². The van der Waals surface area contributed by atoms with Crippen molar-refractivity contribution < 1.29 is 5.11 Å². The molecule has 1 atom stereocenters. The molecule has 84 valence electrons. The SMILES string of the molecule is Cc1ccc([C@@H](O)CBr)c2ccc(=O)[nH]c12. The van der Waals surface area contributed by atoms with Crippen molar-refractivity contribution in [3.05, 3.63) is 45.7 Å². The lowest BCUT2D eigenvalue weighted by molar-refractivity contribution is 0.207. The Morgan fingerprint density at radius 3 is 2.81 bits per heavy atom. The van der Waals surface area contributed by atoms with Gasteiger partial charge in [0.05, 0.1) is 11.6 Å². The van der Waals surface area contributed by atoms with Crippen LogP contribution in [0.15, 0.2) is 29.1 Å². The molecular weight excluding hydrogens is 270 g/mol. The molecule has 0 aliphatic carbocycles. The van der Waals surface area contributed by atoms with Gasteiger partial charge in [-0.2, -0.15) is 0 Å². The molecule has 0 aliphatic heterocycles. The standard InChI is InChI=1S/C12H12BrNO2/c1-7-2-3-8(10(15)6-13)9-4-5-11(16)14-12(7)9/h2-5,10,15H,6H2,1H3,(H,14,16)/t10-/m0/s1. The first-order chi connectivity index (χ1) is 7.63. The topological polar surface area (TPSA) is 53.1 Å². The minimum Gasteiger partial charge on any atom is -0.388 e. The van der Waals surface area contributed by atoms with Crippen LogP contribution in [0, 0.1) is 6.92 Å². The van der Waals surface area contributed by atoms with Gasteiger partial charge >= 0.3 is 0 Å². The number of nitrogens with one attached hydrogen (secondary N) is 1. The lowest BCUT2D eigenvalue weighted by Gasteiger charge is -2.12. The zero-order valence-electron chi connectivity index (χ0n) is 8.83. The molecule has 0 amide bonds. The average Bonchev–Trinajstić information content (AvgIpc) is 2.29. The van der Waals surface area contributed by atoms with Crippen molar-refractivity contribution in [2.24, 2.45) is 0 Å². The maximum absolute atomic E-state index is 11.3. The molecular formula is C12H12BrNO2. The van der Waals surface area contributed by atoms with Gasteiger partial charge in [0.25, 0.3) is 0 Å². The molecule has 2 N–H and O–H groups in total. The maximum atomic E-state index is 11.3. The normalized spacial score (nSPS) is 12.9. The Morgan fingerprint density at radius 2 is 2.12 bits per heavy atom. The third kappa shape index (κ3) is 1.90. The fourth-order valence-corrected chi connectivity index (χ4v) is 2.14. The Balaban J connectivity index is 2.79. The second-order valence-corrected chi connectivity index (χ2v) is 4.40. The van der Waals surface area contributed by atoms with Crippen molar-refractivity contribution in [2.45, 2.75) is 13.0 Å². The first-order valence-electron chi connectivity index (χ1n) is 5.00. The number of H-pyrrole nitrogens is 1. The van der Waals surface area contributed by atoms with Crippen molar-refractivity contribution in [1.82, 2.24) is 4.98 Å². The van der Waals surface area contributed by atoms with Gasteiger partial charge in [-0.1, -0.05) is 28.1 Å². The zero-order valence-corrected chi connectivity index (χ0v) is 10.4. The highest BCUT2D eigenvalue weighted by Crippen LogP contribution is 2.25. The minimum absolute atomic E-state index is 0.124. The van der Waals surface area contributed by atoms with Crippen LogP contribution in [0.25, 0.3) is 10.9 Å². The average molecular weight is 282 g/mol. The number of benzene rings is 1. The van der Waals surface area contributed by atoms with E-state index in [2.05, 4.69) is 20.9 Å². The number of aryl methyl sites for hydroxylation is 1. The highest BCUT2D eigenvalue weighted by molar-refractivity contribution is 9.09. The molecule has 16 heavy (non-hydrogen) atoms. The Kier molecular flexibility index (Phi) is 3.12. The first kappa shape index (κ1) is 11.4. The van der Waals surface area contributed by atoms with Crippen LogP contribution in [0.5, 0.6) is 0 Å². The summed E-state index contributed by atoms with van der Waals surface area (Å²) in [5.74, 6) is 0. The smallest absolute Gasteiger partial charge is 0.248 e. The third-order valence-corrected chi connectivity index (χ3v) is 3.26. The van der Waals surface area contributed by atoms with E-state index in [1.807, 2.05) is 19.1 Å². The molecule has 0 bridgehead atoms. The second-order valence-electron chi connectivity index (χ2n) is 3.75. The molecule has 0 radical (unpaired) electrons. The molecule has 1 heterocycles. The van der Waals surface area contributed by atoms with E-state index in [9.17, 15) is 9.90 Å². The van der Waals surface area contributed by atoms with Crippen LogP contribution in [0.4, 0.5) is 0 Å². The molecule has 0 aliphatic rings. The van der Waals surface area contributed by atoms with Crippen molar-refractivity contribution in [2.75, 3.05) is 5.33 Å². The minimum atomic E-state index is -0.561. The van der Waals surface area contributed by atoms with Crippen LogP contribution < -0.4 is 5.56 Å². The Hall–Kier alpha value is -1.13. The summed E-state index contributed by atoms with van der Waals surface area (Å²) in [7, 11) is 0. The molecule has 2 aromatic rings. The number of pyridine rings is 1. The Morgan fingerprint density at radius 1 is 1.38 bits per heavy atom. The number of fused-ring (bicyclic) bond motifs is 1. The van der Waals surface area contributed by atoms with E-state index in [4.69, 9.17) is 0 Å². The van der Waals surface area contributed by atoms with Crippen LogP contribution in [0.1, 0.15) is 17.2 Å². The highest BCUT2D eigenvalue weighted by atomic mass is 79.9. The summed E-state index contributed by atoms with van der Waals surface area (Å²) in [4.78, 5) is 14.1. The summed E-state index contributed by atoms with van der Waals surface area (Å²) in [5, 5.41) is 11.2. The van der Waals surface area contributed by atoms with Gasteiger partial charge in [0, 0.05) is 16.8 Å². The fraction of sp³-hybridized carbons (Fsp3) is 0.250. The molecule has 3 nitrogen and oxygen atoms in total. The summed E-state index contributed by atoms with van der Waals surface area (Å²) >= 11 is 3.25. The lowest BCUT2D eigenvalue weighted by atomic mass is 10.0. The van der Waals surface area contributed by atoms with E-state index < -0.39 is 6.10 Å². The van der Waals surface area contributed by atoms with Crippen LogP contribution in [-0.4, -0.2) is 15.4 Å². The van der Waals surface area contributed by atoms with E-state index in [1.165, 1.54) is 6.07 Å². The number of hydrogen-bond acceptors (Lipinski definition) is 2. The summed E-state index contributed by atoms with van der Waals surface area (Å²) in [6, 6.07) is 7.02. The number of rotatable bonds is 2. The lowest BCUT2D eigenvalue weighted by Crippen LogP contribution is -2.06. The van der Waals surface area contributed by atoms with Gasteiger partial charge in [-0.3, -0.25) is 4.79 Å². The first-order valence-corrected chi connectivity index (χ1v) is 6.12.